The summed E-state index contributed by atoms with van der Waals surface area (Å²) >= 11 is 1.69. The summed E-state index contributed by atoms with van der Waals surface area (Å²) in [4.78, 5) is 5.93. The first-order chi connectivity index (χ1) is 12.7. The number of nitrogens with zero attached hydrogens (tertiary/aromatic N) is 4. The molecule has 0 aliphatic heterocycles. The van der Waals surface area contributed by atoms with Gasteiger partial charge in [0.25, 0.3) is 0 Å². The second-order valence-corrected chi connectivity index (χ2v) is 6.86. The third-order valence-corrected chi connectivity index (χ3v) is 4.87. The van der Waals surface area contributed by atoms with Crippen molar-refractivity contribution in [2.24, 2.45) is 10.2 Å². The van der Waals surface area contributed by atoms with Crippen LogP contribution in [0.3, 0.4) is 0 Å². The standard InChI is InChI=1S/C21H18N4S/c1-15-9-11-16(12-10-15)20-21(25-13-4-3-8-19(25)22-20)24-23-17-6-5-7-18(14-17)26-2/h3-14H,1-2H3. The Morgan fingerprint density at radius 2 is 1.77 bits per heavy atom. The highest BCUT2D eigenvalue weighted by Gasteiger charge is 2.13. The maximum Gasteiger partial charge on any atom is 0.187 e. The van der Waals surface area contributed by atoms with Gasteiger partial charge in [-0.25, -0.2) is 4.98 Å². The van der Waals surface area contributed by atoms with Crippen molar-refractivity contribution in [3.8, 4) is 11.3 Å². The van der Waals surface area contributed by atoms with E-state index < -0.39 is 0 Å². The summed E-state index contributed by atoms with van der Waals surface area (Å²) in [6.07, 6.45) is 4.02. The number of thioether (sulfide) groups is 1. The molecule has 2 aromatic carbocycles. The summed E-state index contributed by atoms with van der Waals surface area (Å²) in [6.45, 7) is 2.08. The van der Waals surface area contributed by atoms with Crippen molar-refractivity contribution in [2.45, 2.75) is 11.8 Å². The number of azo groups is 1. The van der Waals surface area contributed by atoms with Crippen molar-refractivity contribution in [1.29, 1.82) is 0 Å². The Morgan fingerprint density at radius 1 is 0.923 bits per heavy atom. The lowest BCUT2D eigenvalue weighted by Crippen LogP contribution is -1.82. The zero-order chi connectivity index (χ0) is 17.9. The summed E-state index contributed by atoms with van der Waals surface area (Å²) in [5.74, 6) is 0.735. The molecule has 0 radical (unpaired) electrons. The van der Waals surface area contributed by atoms with Gasteiger partial charge in [-0.2, -0.15) is 0 Å². The molecule has 4 aromatic rings. The minimum absolute atomic E-state index is 0.735. The largest absolute Gasteiger partial charge is 0.283 e. The van der Waals surface area contributed by atoms with Crippen molar-refractivity contribution in [3.05, 3.63) is 78.5 Å². The Labute approximate surface area is 156 Å². The molecule has 0 unspecified atom stereocenters. The van der Waals surface area contributed by atoms with Gasteiger partial charge in [0.2, 0.25) is 0 Å². The monoisotopic (exact) mass is 358 g/mol. The molecule has 0 atom stereocenters. The number of imidazole rings is 1. The van der Waals surface area contributed by atoms with Crippen molar-refractivity contribution in [1.82, 2.24) is 9.38 Å². The molecule has 0 aliphatic carbocycles. The molecule has 26 heavy (non-hydrogen) atoms. The summed E-state index contributed by atoms with van der Waals surface area (Å²) in [5, 5.41) is 9.02. The van der Waals surface area contributed by atoms with E-state index in [4.69, 9.17) is 4.98 Å². The van der Waals surface area contributed by atoms with Crippen LogP contribution in [0.15, 0.2) is 88.1 Å². The summed E-state index contributed by atoms with van der Waals surface area (Å²) in [7, 11) is 0. The van der Waals surface area contributed by atoms with Gasteiger partial charge in [0.05, 0.1) is 5.69 Å². The molecule has 4 rings (SSSR count). The normalized spacial score (nSPS) is 11.5. The van der Waals surface area contributed by atoms with E-state index >= 15 is 0 Å². The van der Waals surface area contributed by atoms with E-state index in [9.17, 15) is 0 Å². The first kappa shape index (κ1) is 16.5. The molecular weight excluding hydrogens is 340 g/mol. The van der Waals surface area contributed by atoms with E-state index in [1.807, 2.05) is 47.0 Å². The lowest BCUT2D eigenvalue weighted by Gasteiger charge is -2.01. The van der Waals surface area contributed by atoms with E-state index in [2.05, 4.69) is 53.7 Å². The van der Waals surface area contributed by atoms with E-state index in [0.29, 0.717) is 0 Å². The number of hydrogen-bond donors (Lipinski definition) is 0. The fraction of sp³-hybridized carbons (Fsp3) is 0.0952. The quantitative estimate of drug-likeness (QED) is 0.311. The van der Waals surface area contributed by atoms with Crippen LogP contribution >= 0.6 is 11.8 Å². The molecule has 0 saturated heterocycles. The van der Waals surface area contributed by atoms with Gasteiger partial charge in [-0.1, -0.05) is 42.0 Å². The molecule has 2 aromatic heterocycles. The van der Waals surface area contributed by atoms with Crippen LogP contribution in [0.5, 0.6) is 0 Å². The third kappa shape index (κ3) is 3.26. The zero-order valence-electron chi connectivity index (χ0n) is 14.6. The first-order valence-electron chi connectivity index (χ1n) is 8.34. The molecule has 0 spiro atoms. The van der Waals surface area contributed by atoms with Crippen LogP contribution in [-0.4, -0.2) is 15.6 Å². The van der Waals surface area contributed by atoms with Crippen LogP contribution in [0.4, 0.5) is 11.5 Å². The van der Waals surface area contributed by atoms with Gasteiger partial charge in [-0.05, 0) is 43.5 Å². The Morgan fingerprint density at radius 3 is 2.58 bits per heavy atom. The number of rotatable bonds is 4. The molecule has 0 fully saturated rings. The third-order valence-electron chi connectivity index (χ3n) is 4.14. The number of hydrogen-bond acceptors (Lipinski definition) is 4. The number of pyridine rings is 1. The fourth-order valence-corrected chi connectivity index (χ4v) is 3.21. The van der Waals surface area contributed by atoms with Crippen LogP contribution in [0.25, 0.3) is 16.9 Å². The van der Waals surface area contributed by atoms with Gasteiger partial charge in [0.15, 0.2) is 5.82 Å². The Bertz CT molecular complexity index is 1080. The van der Waals surface area contributed by atoms with Crippen molar-refractivity contribution >= 4 is 28.9 Å². The SMILES string of the molecule is CSc1cccc(N=Nc2c(-c3ccc(C)cc3)nc3ccccn23)c1. The highest BCUT2D eigenvalue weighted by molar-refractivity contribution is 7.98. The summed E-state index contributed by atoms with van der Waals surface area (Å²) in [5.41, 5.74) is 4.77. The van der Waals surface area contributed by atoms with Crippen LogP contribution < -0.4 is 0 Å². The highest BCUT2D eigenvalue weighted by Crippen LogP contribution is 2.32. The van der Waals surface area contributed by atoms with Crippen LogP contribution in [-0.2, 0) is 0 Å². The summed E-state index contributed by atoms with van der Waals surface area (Å²) < 4.78 is 1.97. The molecule has 5 heteroatoms. The maximum atomic E-state index is 4.76. The smallest absolute Gasteiger partial charge is 0.187 e. The second kappa shape index (κ2) is 7.14. The van der Waals surface area contributed by atoms with Crippen LogP contribution in [0, 0.1) is 6.92 Å². The average Bonchev–Trinajstić information content (AvgIpc) is 3.05. The molecule has 2 heterocycles. The van der Waals surface area contributed by atoms with E-state index in [1.165, 1.54) is 10.5 Å². The van der Waals surface area contributed by atoms with E-state index in [-0.39, 0.29) is 0 Å². The predicted octanol–water partition coefficient (Wildman–Crippen LogP) is 6.45. The van der Waals surface area contributed by atoms with Gasteiger partial charge in [-0.15, -0.1) is 22.0 Å². The molecule has 4 nitrogen and oxygen atoms in total. The second-order valence-electron chi connectivity index (χ2n) is 5.98. The predicted molar refractivity (Wildman–Crippen MR) is 108 cm³/mol. The maximum absolute atomic E-state index is 4.76. The Kier molecular flexibility index (Phi) is 4.54. The van der Waals surface area contributed by atoms with Crippen LogP contribution in [0.1, 0.15) is 5.56 Å². The number of benzene rings is 2. The zero-order valence-corrected chi connectivity index (χ0v) is 15.4. The number of fused-ring (bicyclic) bond motifs is 1. The summed E-state index contributed by atoms with van der Waals surface area (Å²) in [6, 6.07) is 22.3. The highest BCUT2D eigenvalue weighted by atomic mass is 32.2. The molecule has 0 saturated carbocycles. The van der Waals surface area contributed by atoms with Gasteiger partial charge in [0, 0.05) is 16.7 Å². The number of aromatic nitrogens is 2. The number of aryl methyl sites for hydroxylation is 1. The van der Waals surface area contributed by atoms with Crippen molar-refractivity contribution < 1.29 is 0 Å². The van der Waals surface area contributed by atoms with Crippen molar-refractivity contribution in [2.75, 3.05) is 6.26 Å². The molecule has 0 N–H and O–H groups in total. The van der Waals surface area contributed by atoms with Gasteiger partial charge >= 0.3 is 0 Å². The molecule has 0 bridgehead atoms. The van der Waals surface area contributed by atoms with Gasteiger partial charge in [-0.3, -0.25) is 4.40 Å². The lowest BCUT2D eigenvalue weighted by atomic mass is 10.1. The van der Waals surface area contributed by atoms with E-state index in [0.717, 1.165) is 28.4 Å². The van der Waals surface area contributed by atoms with Crippen molar-refractivity contribution in [3.63, 3.8) is 0 Å². The minimum Gasteiger partial charge on any atom is -0.283 e. The minimum atomic E-state index is 0.735. The van der Waals surface area contributed by atoms with Crippen LogP contribution in [0.2, 0.25) is 0 Å². The average molecular weight is 358 g/mol. The molecule has 128 valence electrons. The molecular formula is C21H18N4S. The first-order valence-corrected chi connectivity index (χ1v) is 9.57. The van der Waals surface area contributed by atoms with Gasteiger partial charge in [0.1, 0.15) is 11.3 Å². The van der Waals surface area contributed by atoms with Gasteiger partial charge < -0.3 is 0 Å². The Balaban J connectivity index is 1.83. The topological polar surface area (TPSA) is 42.0 Å². The Hall–Kier alpha value is -2.92. The fourth-order valence-electron chi connectivity index (χ4n) is 2.76. The molecule has 0 amide bonds. The molecule has 0 aliphatic rings. The van der Waals surface area contributed by atoms with E-state index in [1.54, 1.807) is 11.8 Å². The lowest BCUT2D eigenvalue weighted by molar-refractivity contribution is 1.10.